The summed E-state index contributed by atoms with van der Waals surface area (Å²) in [6.45, 7) is 6.38. The Balaban J connectivity index is 2.67. The first-order valence-electron chi connectivity index (χ1n) is 7.03. The number of hydrogen-bond donors (Lipinski definition) is 2. The lowest BCUT2D eigenvalue weighted by molar-refractivity contribution is -0.435. The van der Waals surface area contributed by atoms with E-state index in [-0.39, 0.29) is 6.42 Å². The molecule has 0 aliphatic carbocycles. The summed E-state index contributed by atoms with van der Waals surface area (Å²) in [5, 5.41) is 0. The van der Waals surface area contributed by atoms with Gasteiger partial charge < -0.3 is 24.0 Å². The molecule has 2 N–H and O–H groups in total. The van der Waals surface area contributed by atoms with E-state index < -0.39 is 25.7 Å². The van der Waals surface area contributed by atoms with E-state index in [4.69, 9.17) is 18.9 Å². The lowest BCUT2D eigenvalue weighted by Gasteiger charge is -2.38. The largest absolute Gasteiger partial charge is 0.354 e. The lowest BCUT2D eigenvalue weighted by Crippen LogP contribution is -2.46. The third-order valence-electron chi connectivity index (χ3n) is 3.04. The summed E-state index contributed by atoms with van der Waals surface area (Å²) in [4.78, 5) is 18.4. The van der Waals surface area contributed by atoms with Crippen molar-refractivity contribution >= 4 is 7.60 Å². The van der Waals surface area contributed by atoms with Gasteiger partial charge in [-0.05, 0) is 19.3 Å². The third kappa shape index (κ3) is 5.07. The minimum absolute atomic E-state index is 0.199. The fraction of sp³-hybridized carbons (Fsp3) is 1.00. The minimum atomic E-state index is -4.31. The number of ether oxygens (including phenoxy) is 4. The fourth-order valence-electron chi connectivity index (χ4n) is 1.91. The summed E-state index contributed by atoms with van der Waals surface area (Å²) >= 11 is 0. The Morgan fingerprint density at radius 3 is 2.20 bits per heavy atom. The molecule has 0 amide bonds. The van der Waals surface area contributed by atoms with Crippen LogP contribution in [0.4, 0.5) is 0 Å². The van der Waals surface area contributed by atoms with Crippen LogP contribution in [-0.2, 0) is 23.5 Å². The zero-order valence-corrected chi connectivity index (χ0v) is 13.2. The van der Waals surface area contributed by atoms with Crippen molar-refractivity contribution in [2.24, 2.45) is 0 Å². The second kappa shape index (κ2) is 7.84. The van der Waals surface area contributed by atoms with Crippen molar-refractivity contribution in [1.29, 1.82) is 0 Å². The van der Waals surface area contributed by atoms with Gasteiger partial charge in [0.25, 0.3) is 5.97 Å². The molecule has 0 bridgehead atoms. The zero-order valence-electron chi connectivity index (χ0n) is 12.3. The minimum Gasteiger partial charge on any atom is -0.337 e. The molecule has 2 atom stereocenters. The van der Waals surface area contributed by atoms with Gasteiger partial charge in [-0.15, -0.1) is 0 Å². The van der Waals surface area contributed by atoms with Gasteiger partial charge in [-0.25, -0.2) is 0 Å². The highest BCUT2D eigenvalue weighted by Gasteiger charge is 2.39. The highest BCUT2D eigenvalue weighted by molar-refractivity contribution is 7.52. The normalized spacial score (nSPS) is 22.4. The summed E-state index contributed by atoms with van der Waals surface area (Å²) in [5.41, 5.74) is 0. The Kier molecular flexibility index (Phi) is 7.08. The maximum atomic E-state index is 11.3. The standard InChI is InChI=1S/C12H25O7P/c1-4-10(18-11(5-2)20(13,14)15)19-12(6-3)16-8-7-9-17-12/h10-11H,4-9H2,1-3H3,(H2,13,14,15). The van der Waals surface area contributed by atoms with E-state index in [1.807, 2.05) is 13.8 Å². The molecule has 1 fully saturated rings. The molecule has 0 aromatic carbocycles. The SMILES string of the molecule is CCC(OC(CC)P(=O)(O)O)OC1(CC)OCCCO1. The van der Waals surface area contributed by atoms with Crippen LogP contribution in [0, 0.1) is 0 Å². The van der Waals surface area contributed by atoms with Crippen molar-refractivity contribution < 1.29 is 33.3 Å². The molecule has 0 radical (unpaired) electrons. The summed E-state index contributed by atoms with van der Waals surface area (Å²) < 4.78 is 33.5. The molecule has 20 heavy (non-hydrogen) atoms. The molecule has 1 heterocycles. The summed E-state index contributed by atoms with van der Waals surface area (Å²) in [5.74, 6) is -2.35. The second-order valence-corrected chi connectivity index (χ2v) is 6.38. The molecule has 0 aromatic rings. The van der Waals surface area contributed by atoms with Gasteiger partial charge in [-0.1, -0.05) is 20.8 Å². The molecule has 1 aliphatic heterocycles. The Morgan fingerprint density at radius 2 is 1.80 bits per heavy atom. The Hall–Kier alpha value is -0.0100. The van der Waals surface area contributed by atoms with Crippen LogP contribution in [0.25, 0.3) is 0 Å². The van der Waals surface area contributed by atoms with E-state index in [0.717, 1.165) is 6.42 Å². The highest BCUT2D eigenvalue weighted by atomic mass is 31.2. The predicted molar refractivity (Wildman–Crippen MR) is 71.9 cm³/mol. The molecule has 7 nitrogen and oxygen atoms in total. The fourth-order valence-corrected chi connectivity index (χ4v) is 2.68. The van der Waals surface area contributed by atoms with E-state index in [0.29, 0.717) is 26.1 Å². The van der Waals surface area contributed by atoms with Crippen LogP contribution >= 0.6 is 7.60 Å². The Bertz CT molecular complexity index is 324. The quantitative estimate of drug-likeness (QED) is 0.524. The molecule has 0 spiro atoms. The predicted octanol–water partition coefficient (Wildman–Crippen LogP) is 2.17. The molecule has 8 heteroatoms. The van der Waals surface area contributed by atoms with Crippen LogP contribution in [0.3, 0.4) is 0 Å². The van der Waals surface area contributed by atoms with Gasteiger partial charge in [-0.3, -0.25) is 9.30 Å². The monoisotopic (exact) mass is 312 g/mol. The number of hydrogen-bond acceptors (Lipinski definition) is 5. The molecular formula is C12H25O7P. The van der Waals surface area contributed by atoms with Gasteiger partial charge in [-0.2, -0.15) is 0 Å². The summed E-state index contributed by atoms with van der Waals surface area (Å²) in [6.07, 6.45) is 1.11. The first-order chi connectivity index (χ1) is 9.37. The van der Waals surface area contributed by atoms with Gasteiger partial charge in [0.1, 0.15) is 0 Å². The van der Waals surface area contributed by atoms with Crippen molar-refractivity contribution in [3.63, 3.8) is 0 Å². The zero-order chi connectivity index (χ0) is 15.2. The van der Waals surface area contributed by atoms with Crippen LogP contribution in [0.2, 0.25) is 0 Å². The van der Waals surface area contributed by atoms with Crippen molar-refractivity contribution in [1.82, 2.24) is 0 Å². The first-order valence-corrected chi connectivity index (χ1v) is 8.71. The van der Waals surface area contributed by atoms with Crippen LogP contribution in [0.15, 0.2) is 0 Å². The van der Waals surface area contributed by atoms with Gasteiger partial charge in [0.05, 0.1) is 13.2 Å². The molecule has 0 saturated carbocycles. The second-order valence-electron chi connectivity index (χ2n) is 4.63. The van der Waals surface area contributed by atoms with Crippen LogP contribution in [-0.4, -0.2) is 41.1 Å². The van der Waals surface area contributed by atoms with E-state index >= 15 is 0 Å². The van der Waals surface area contributed by atoms with Gasteiger partial charge >= 0.3 is 7.60 Å². The molecule has 0 aromatic heterocycles. The maximum Gasteiger partial charge on any atom is 0.354 e. The molecule has 120 valence electrons. The molecule has 2 unspecified atom stereocenters. The van der Waals surface area contributed by atoms with Crippen LogP contribution in [0.5, 0.6) is 0 Å². The van der Waals surface area contributed by atoms with Crippen molar-refractivity contribution in [3.05, 3.63) is 0 Å². The smallest absolute Gasteiger partial charge is 0.337 e. The van der Waals surface area contributed by atoms with E-state index in [2.05, 4.69) is 0 Å². The average Bonchev–Trinajstić information content (AvgIpc) is 2.43. The van der Waals surface area contributed by atoms with Crippen LogP contribution in [0.1, 0.15) is 46.5 Å². The highest BCUT2D eigenvalue weighted by Crippen LogP contribution is 2.44. The average molecular weight is 312 g/mol. The van der Waals surface area contributed by atoms with Gasteiger partial charge in [0.15, 0.2) is 12.1 Å². The Morgan fingerprint density at radius 1 is 1.20 bits per heavy atom. The van der Waals surface area contributed by atoms with Crippen molar-refractivity contribution in [2.45, 2.75) is 64.6 Å². The van der Waals surface area contributed by atoms with Crippen molar-refractivity contribution in [2.75, 3.05) is 13.2 Å². The van der Waals surface area contributed by atoms with Crippen molar-refractivity contribution in [3.8, 4) is 0 Å². The Labute approximate surface area is 119 Å². The van der Waals surface area contributed by atoms with E-state index in [1.54, 1.807) is 6.92 Å². The van der Waals surface area contributed by atoms with Gasteiger partial charge in [0.2, 0.25) is 0 Å². The topological polar surface area (TPSA) is 94.5 Å². The third-order valence-corrected chi connectivity index (χ3v) is 4.28. The molecule has 1 saturated heterocycles. The summed E-state index contributed by atoms with van der Waals surface area (Å²) in [6, 6.07) is 0. The molecule has 1 aliphatic rings. The van der Waals surface area contributed by atoms with Crippen LogP contribution < -0.4 is 0 Å². The van der Waals surface area contributed by atoms with Gasteiger partial charge in [0, 0.05) is 6.42 Å². The number of rotatable bonds is 8. The maximum absolute atomic E-state index is 11.3. The summed E-state index contributed by atoms with van der Waals surface area (Å²) in [7, 11) is -4.31. The lowest BCUT2D eigenvalue weighted by atomic mass is 10.3. The molecular weight excluding hydrogens is 287 g/mol. The molecule has 1 rings (SSSR count). The first kappa shape index (κ1) is 18.0. The van der Waals surface area contributed by atoms with E-state index in [9.17, 15) is 14.4 Å². The van der Waals surface area contributed by atoms with E-state index in [1.165, 1.54) is 0 Å².